The second-order valence-corrected chi connectivity index (χ2v) is 6.18. The van der Waals surface area contributed by atoms with E-state index in [-0.39, 0.29) is 11.9 Å². The van der Waals surface area contributed by atoms with Gasteiger partial charge in [-0.25, -0.2) is 9.37 Å². The Balaban J connectivity index is 2.20. The van der Waals surface area contributed by atoms with E-state index in [2.05, 4.69) is 4.98 Å². The van der Waals surface area contributed by atoms with Gasteiger partial charge >= 0.3 is 0 Å². The number of nitrogens with zero attached hydrogens (tertiary/aromatic N) is 1. The van der Waals surface area contributed by atoms with Crippen LogP contribution in [-0.4, -0.2) is 11.1 Å². The van der Waals surface area contributed by atoms with Gasteiger partial charge < -0.3 is 4.74 Å². The minimum absolute atomic E-state index is 0.0884. The van der Waals surface area contributed by atoms with Crippen molar-refractivity contribution in [1.82, 2.24) is 4.98 Å². The van der Waals surface area contributed by atoms with E-state index in [0.717, 1.165) is 33.3 Å². The molecule has 0 N–H and O–H groups in total. The number of benzene rings is 2. The van der Waals surface area contributed by atoms with Crippen LogP contribution < -0.4 is 4.74 Å². The first kappa shape index (κ1) is 15.8. The van der Waals surface area contributed by atoms with Crippen molar-refractivity contribution >= 4 is 22.5 Å². The summed E-state index contributed by atoms with van der Waals surface area (Å²) >= 11 is 6.19. The number of hydrogen-bond acceptors (Lipinski definition) is 2. The number of rotatable bonds is 3. The van der Waals surface area contributed by atoms with Gasteiger partial charge in [-0.3, -0.25) is 0 Å². The average Bonchev–Trinajstić information content (AvgIpc) is 2.45. The molecule has 0 aliphatic carbocycles. The maximum Gasteiger partial charge on any atom is 0.130 e. The molecule has 3 aromatic rings. The van der Waals surface area contributed by atoms with Crippen LogP contribution in [0.3, 0.4) is 0 Å². The summed E-state index contributed by atoms with van der Waals surface area (Å²) in [5.41, 5.74) is 3.50. The van der Waals surface area contributed by atoms with Crippen LogP contribution in [0.25, 0.3) is 22.0 Å². The molecule has 3 rings (SSSR count). The highest BCUT2D eigenvalue weighted by molar-refractivity contribution is 6.30. The van der Waals surface area contributed by atoms with Gasteiger partial charge in [0.15, 0.2) is 0 Å². The molecule has 0 bridgehead atoms. The number of pyridine rings is 1. The second kappa shape index (κ2) is 6.17. The molecule has 0 saturated carbocycles. The van der Waals surface area contributed by atoms with Crippen LogP contribution in [0.2, 0.25) is 5.15 Å². The van der Waals surface area contributed by atoms with Crippen molar-refractivity contribution in [3.05, 3.63) is 59.0 Å². The third-order valence-electron chi connectivity index (χ3n) is 3.60. The molecule has 2 nitrogen and oxygen atoms in total. The molecule has 0 radical (unpaired) electrons. The summed E-state index contributed by atoms with van der Waals surface area (Å²) < 4.78 is 19.1. The lowest BCUT2D eigenvalue weighted by molar-refractivity contribution is 0.242. The maximum atomic E-state index is 13.4. The first-order valence-electron chi connectivity index (χ1n) is 7.47. The predicted molar refractivity (Wildman–Crippen MR) is 92.6 cm³/mol. The first-order valence-corrected chi connectivity index (χ1v) is 7.85. The van der Waals surface area contributed by atoms with Gasteiger partial charge in [-0.15, -0.1) is 0 Å². The van der Waals surface area contributed by atoms with Crippen molar-refractivity contribution in [2.75, 3.05) is 0 Å². The largest absolute Gasteiger partial charge is 0.491 e. The van der Waals surface area contributed by atoms with E-state index in [1.165, 1.54) is 12.1 Å². The van der Waals surface area contributed by atoms with Crippen LogP contribution in [-0.2, 0) is 0 Å². The van der Waals surface area contributed by atoms with Crippen LogP contribution in [0.4, 0.5) is 4.39 Å². The molecule has 118 valence electrons. The zero-order valence-corrected chi connectivity index (χ0v) is 14.0. The summed E-state index contributed by atoms with van der Waals surface area (Å²) in [5.74, 6) is 0.507. The van der Waals surface area contributed by atoms with Gasteiger partial charge in [0.2, 0.25) is 0 Å². The third-order valence-corrected chi connectivity index (χ3v) is 3.79. The molecule has 0 spiro atoms. The summed E-state index contributed by atoms with van der Waals surface area (Å²) in [6.45, 7) is 5.83. The Morgan fingerprint density at radius 3 is 2.52 bits per heavy atom. The number of aryl methyl sites for hydroxylation is 1. The van der Waals surface area contributed by atoms with Gasteiger partial charge in [-0.1, -0.05) is 17.7 Å². The SMILES string of the molecule is Cc1cc(F)ccc1-c1cc(Cl)nc2cc(OC(C)C)ccc12. The molecular weight excluding hydrogens is 313 g/mol. The van der Waals surface area contributed by atoms with Crippen molar-refractivity contribution in [2.24, 2.45) is 0 Å². The molecule has 0 aliphatic rings. The molecule has 0 fully saturated rings. The van der Waals surface area contributed by atoms with E-state index in [1.807, 2.05) is 45.0 Å². The van der Waals surface area contributed by atoms with Gasteiger partial charge in [0, 0.05) is 11.5 Å². The second-order valence-electron chi connectivity index (χ2n) is 5.80. The monoisotopic (exact) mass is 329 g/mol. The van der Waals surface area contributed by atoms with Gasteiger partial charge in [-0.2, -0.15) is 0 Å². The molecule has 23 heavy (non-hydrogen) atoms. The fraction of sp³-hybridized carbons (Fsp3) is 0.211. The predicted octanol–water partition coefficient (Wildman–Crippen LogP) is 5.79. The minimum Gasteiger partial charge on any atom is -0.491 e. The summed E-state index contributed by atoms with van der Waals surface area (Å²) in [7, 11) is 0. The molecule has 0 atom stereocenters. The Kier molecular flexibility index (Phi) is 4.22. The zero-order valence-electron chi connectivity index (χ0n) is 13.2. The van der Waals surface area contributed by atoms with Crippen LogP contribution in [0.5, 0.6) is 5.75 Å². The highest BCUT2D eigenvalue weighted by atomic mass is 35.5. The van der Waals surface area contributed by atoms with Crippen LogP contribution in [0, 0.1) is 12.7 Å². The Morgan fingerprint density at radius 1 is 1.04 bits per heavy atom. The molecule has 4 heteroatoms. The Hall–Kier alpha value is -2.13. The highest BCUT2D eigenvalue weighted by Gasteiger charge is 2.11. The number of halogens is 2. The van der Waals surface area contributed by atoms with E-state index in [9.17, 15) is 4.39 Å². The van der Waals surface area contributed by atoms with Crippen molar-refractivity contribution < 1.29 is 9.13 Å². The fourth-order valence-electron chi connectivity index (χ4n) is 2.67. The van der Waals surface area contributed by atoms with Crippen molar-refractivity contribution in [3.8, 4) is 16.9 Å². The van der Waals surface area contributed by atoms with E-state index in [4.69, 9.17) is 16.3 Å². The van der Waals surface area contributed by atoms with Crippen LogP contribution >= 0.6 is 11.6 Å². The Labute approximate surface area is 139 Å². The van der Waals surface area contributed by atoms with Gasteiger partial charge in [0.1, 0.15) is 16.7 Å². The van der Waals surface area contributed by atoms with Crippen molar-refractivity contribution in [3.63, 3.8) is 0 Å². The van der Waals surface area contributed by atoms with Gasteiger partial charge in [0.25, 0.3) is 0 Å². The topological polar surface area (TPSA) is 22.1 Å². The quantitative estimate of drug-likeness (QED) is 0.567. The summed E-state index contributed by atoms with van der Waals surface area (Å²) in [5, 5.41) is 1.36. The van der Waals surface area contributed by atoms with Gasteiger partial charge in [0.05, 0.1) is 11.6 Å². The van der Waals surface area contributed by atoms with E-state index in [0.29, 0.717) is 5.15 Å². The number of aromatic nitrogens is 1. The fourth-order valence-corrected chi connectivity index (χ4v) is 2.87. The number of fused-ring (bicyclic) bond motifs is 1. The highest BCUT2D eigenvalue weighted by Crippen LogP contribution is 2.34. The molecule has 2 aromatic carbocycles. The molecule has 1 aromatic heterocycles. The first-order chi connectivity index (χ1) is 10.9. The molecular formula is C19H17ClFNO. The van der Waals surface area contributed by atoms with Crippen LogP contribution in [0.15, 0.2) is 42.5 Å². The lowest BCUT2D eigenvalue weighted by Gasteiger charge is -2.13. The smallest absolute Gasteiger partial charge is 0.130 e. The molecule has 0 saturated heterocycles. The number of hydrogen-bond donors (Lipinski definition) is 0. The maximum absolute atomic E-state index is 13.4. The minimum atomic E-state index is -0.247. The summed E-state index contributed by atoms with van der Waals surface area (Å²) in [4.78, 5) is 4.39. The standard InChI is InChI=1S/C19H17ClFNO/c1-11(2)23-14-5-7-16-17(10-19(20)22-18(16)9-14)15-6-4-13(21)8-12(15)3/h4-11H,1-3H3. The van der Waals surface area contributed by atoms with E-state index in [1.54, 1.807) is 6.07 Å². The Morgan fingerprint density at radius 2 is 1.83 bits per heavy atom. The van der Waals surface area contributed by atoms with E-state index >= 15 is 0 Å². The lowest BCUT2D eigenvalue weighted by atomic mass is 9.97. The summed E-state index contributed by atoms with van der Waals surface area (Å²) in [6, 6.07) is 12.3. The summed E-state index contributed by atoms with van der Waals surface area (Å²) in [6.07, 6.45) is 0.0884. The van der Waals surface area contributed by atoms with Gasteiger partial charge in [-0.05, 0) is 67.8 Å². The number of ether oxygens (including phenoxy) is 1. The average molecular weight is 330 g/mol. The third kappa shape index (κ3) is 3.30. The van der Waals surface area contributed by atoms with Crippen LogP contribution in [0.1, 0.15) is 19.4 Å². The molecule has 1 heterocycles. The Bertz CT molecular complexity index is 877. The zero-order chi connectivity index (χ0) is 16.6. The van der Waals surface area contributed by atoms with E-state index < -0.39 is 0 Å². The lowest BCUT2D eigenvalue weighted by Crippen LogP contribution is -2.05. The van der Waals surface area contributed by atoms with Crippen molar-refractivity contribution in [1.29, 1.82) is 0 Å². The van der Waals surface area contributed by atoms with Crippen molar-refractivity contribution in [2.45, 2.75) is 26.9 Å². The molecule has 0 amide bonds. The molecule has 0 unspecified atom stereocenters. The normalized spacial score (nSPS) is 11.2. The molecule has 0 aliphatic heterocycles.